The molecule has 1 heterocycles. The summed E-state index contributed by atoms with van der Waals surface area (Å²) in [5, 5.41) is 11.3. The van der Waals surface area contributed by atoms with Crippen molar-refractivity contribution in [3.8, 4) is 0 Å². The molecule has 0 radical (unpaired) electrons. The van der Waals surface area contributed by atoms with Gasteiger partial charge < -0.3 is 10.3 Å². The molecule has 0 amide bonds. The number of aliphatic imine (C=N–C) groups is 1. The summed E-state index contributed by atoms with van der Waals surface area (Å²) in [6, 6.07) is 0. The minimum absolute atomic E-state index is 0.279. The summed E-state index contributed by atoms with van der Waals surface area (Å²) in [6.07, 6.45) is 4.46. The van der Waals surface area contributed by atoms with Gasteiger partial charge in [-0.05, 0) is 6.42 Å². The van der Waals surface area contributed by atoms with Crippen LogP contribution in [0.1, 0.15) is 32.6 Å². The second-order valence-electron chi connectivity index (χ2n) is 2.96. The Morgan fingerprint density at radius 2 is 2.36 bits per heavy atom. The van der Waals surface area contributed by atoms with Gasteiger partial charge in [-0.2, -0.15) is 0 Å². The molecule has 1 aliphatic heterocycles. The highest BCUT2D eigenvalue weighted by molar-refractivity contribution is 5.74. The Bertz CT molecular complexity index is 145. The third-order valence-corrected chi connectivity index (χ3v) is 1.98. The fourth-order valence-electron chi connectivity index (χ4n) is 1.29. The second kappa shape index (κ2) is 4.46. The Balaban J connectivity index is 2.15. The SMILES string of the molecule is CCCCCC1=NCC[NH+]1[O-]. The highest BCUT2D eigenvalue weighted by Gasteiger charge is 2.13. The van der Waals surface area contributed by atoms with Crippen molar-refractivity contribution in [2.24, 2.45) is 4.99 Å². The van der Waals surface area contributed by atoms with Gasteiger partial charge in [0, 0.05) is 6.42 Å². The predicted octanol–water partition coefficient (Wildman–Crippen LogP) is 0.362. The molecule has 0 saturated carbocycles. The first kappa shape index (κ1) is 8.68. The van der Waals surface area contributed by atoms with Crippen LogP contribution >= 0.6 is 0 Å². The molecule has 0 bridgehead atoms. The van der Waals surface area contributed by atoms with Gasteiger partial charge in [0.2, 0.25) is 0 Å². The minimum atomic E-state index is 0.279. The van der Waals surface area contributed by atoms with Gasteiger partial charge in [-0.1, -0.05) is 19.8 Å². The molecule has 0 aliphatic carbocycles. The van der Waals surface area contributed by atoms with Crippen LogP contribution in [-0.4, -0.2) is 18.9 Å². The van der Waals surface area contributed by atoms with E-state index in [2.05, 4.69) is 11.9 Å². The molecule has 64 valence electrons. The summed E-state index contributed by atoms with van der Waals surface area (Å²) in [5.74, 6) is 0.846. The van der Waals surface area contributed by atoms with Crippen LogP contribution in [0.2, 0.25) is 0 Å². The fourth-order valence-corrected chi connectivity index (χ4v) is 1.29. The van der Waals surface area contributed by atoms with Crippen LogP contribution in [0.5, 0.6) is 0 Å². The van der Waals surface area contributed by atoms with Gasteiger partial charge in [0.25, 0.3) is 0 Å². The molecule has 1 atom stereocenters. The van der Waals surface area contributed by atoms with E-state index < -0.39 is 0 Å². The average molecular weight is 156 g/mol. The lowest BCUT2D eigenvalue weighted by molar-refractivity contribution is -0.740. The van der Waals surface area contributed by atoms with Gasteiger partial charge in [-0.15, -0.1) is 0 Å². The Kier molecular flexibility index (Phi) is 3.52. The lowest BCUT2D eigenvalue weighted by atomic mass is 10.2. The van der Waals surface area contributed by atoms with Crippen LogP contribution in [-0.2, 0) is 0 Å². The smallest absolute Gasteiger partial charge is 0.196 e. The third kappa shape index (κ3) is 2.60. The zero-order valence-corrected chi connectivity index (χ0v) is 7.10. The topological polar surface area (TPSA) is 39.9 Å². The molecule has 0 aromatic rings. The molecular weight excluding hydrogens is 140 g/mol. The largest absolute Gasteiger partial charge is 0.628 e. The standard InChI is InChI=1S/C8H16N2O/c1-2-3-4-5-8-9-6-7-10(8)11/h10H,2-7H2,1H3. The summed E-state index contributed by atoms with van der Waals surface area (Å²) in [5.41, 5.74) is 0. The molecule has 0 aromatic heterocycles. The van der Waals surface area contributed by atoms with Gasteiger partial charge in [0.05, 0.1) is 6.54 Å². The van der Waals surface area contributed by atoms with Crippen molar-refractivity contribution in [3.05, 3.63) is 5.21 Å². The normalized spacial score (nSPS) is 23.8. The number of amidine groups is 1. The minimum Gasteiger partial charge on any atom is -0.628 e. The Morgan fingerprint density at radius 1 is 1.55 bits per heavy atom. The van der Waals surface area contributed by atoms with E-state index in [1.54, 1.807) is 0 Å². The Morgan fingerprint density at radius 3 is 2.91 bits per heavy atom. The van der Waals surface area contributed by atoms with Crippen molar-refractivity contribution < 1.29 is 5.06 Å². The Hall–Kier alpha value is -0.410. The number of hydrogen-bond donors (Lipinski definition) is 1. The van der Waals surface area contributed by atoms with Crippen LogP contribution in [0.25, 0.3) is 0 Å². The van der Waals surface area contributed by atoms with E-state index in [9.17, 15) is 5.21 Å². The molecule has 0 spiro atoms. The van der Waals surface area contributed by atoms with Crippen LogP contribution in [0, 0.1) is 5.21 Å². The third-order valence-electron chi connectivity index (χ3n) is 1.98. The van der Waals surface area contributed by atoms with Gasteiger partial charge in [-0.3, -0.25) is 0 Å². The molecular formula is C8H16N2O. The van der Waals surface area contributed by atoms with Crippen molar-refractivity contribution in [2.75, 3.05) is 13.1 Å². The van der Waals surface area contributed by atoms with Crippen molar-refractivity contribution >= 4 is 5.84 Å². The first-order valence-electron chi connectivity index (χ1n) is 4.41. The first-order chi connectivity index (χ1) is 5.34. The van der Waals surface area contributed by atoms with Crippen molar-refractivity contribution in [3.63, 3.8) is 0 Å². The molecule has 1 aliphatic rings. The van der Waals surface area contributed by atoms with E-state index in [4.69, 9.17) is 0 Å². The lowest BCUT2D eigenvalue weighted by Gasteiger charge is -2.15. The van der Waals surface area contributed by atoms with Gasteiger partial charge in [0.1, 0.15) is 6.54 Å². The highest BCUT2D eigenvalue weighted by atomic mass is 16.5. The summed E-state index contributed by atoms with van der Waals surface area (Å²) in [4.78, 5) is 4.16. The molecule has 11 heavy (non-hydrogen) atoms. The quantitative estimate of drug-likeness (QED) is 0.463. The monoisotopic (exact) mass is 156 g/mol. The fraction of sp³-hybridized carbons (Fsp3) is 0.875. The molecule has 1 rings (SSSR count). The van der Waals surface area contributed by atoms with Crippen LogP contribution < -0.4 is 5.06 Å². The summed E-state index contributed by atoms with van der Waals surface area (Å²) >= 11 is 0. The lowest BCUT2D eigenvalue weighted by Crippen LogP contribution is -3.08. The van der Waals surface area contributed by atoms with Crippen molar-refractivity contribution in [1.29, 1.82) is 0 Å². The number of hydrogen-bond acceptors (Lipinski definition) is 2. The number of hydroxylamine groups is 2. The van der Waals surface area contributed by atoms with Crippen LogP contribution in [0.4, 0.5) is 0 Å². The molecule has 1 N–H and O–H groups in total. The molecule has 1 unspecified atom stereocenters. The maximum Gasteiger partial charge on any atom is 0.196 e. The number of nitrogens with zero attached hydrogens (tertiary/aromatic N) is 1. The van der Waals surface area contributed by atoms with E-state index in [1.165, 1.54) is 12.8 Å². The number of unbranched alkanes of at least 4 members (excludes halogenated alkanes) is 2. The predicted molar refractivity (Wildman–Crippen MR) is 45.6 cm³/mol. The molecule has 3 heteroatoms. The number of nitrogens with one attached hydrogen (secondary N) is 1. The van der Waals surface area contributed by atoms with Crippen molar-refractivity contribution in [1.82, 2.24) is 0 Å². The maximum atomic E-state index is 11.0. The Labute approximate surface area is 67.7 Å². The van der Waals surface area contributed by atoms with Crippen LogP contribution in [0.3, 0.4) is 0 Å². The van der Waals surface area contributed by atoms with E-state index in [-0.39, 0.29) is 5.06 Å². The van der Waals surface area contributed by atoms with E-state index in [1.807, 2.05) is 0 Å². The van der Waals surface area contributed by atoms with Gasteiger partial charge in [0.15, 0.2) is 5.84 Å². The van der Waals surface area contributed by atoms with Gasteiger partial charge >= 0.3 is 0 Å². The van der Waals surface area contributed by atoms with E-state index in [0.717, 1.165) is 25.2 Å². The molecule has 0 fully saturated rings. The van der Waals surface area contributed by atoms with Crippen molar-refractivity contribution in [2.45, 2.75) is 32.6 Å². The average Bonchev–Trinajstić information content (AvgIpc) is 2.37. The molecule has 0 aromatic carbocycles. The first-order valence-corrected chi connectivity index (χ1v) is 4.41. The zero-order valence-electron chi connectivity index (χ0n) is 7.10. The van der Waals surface area contributed by atoms with Crippen LogP contribution in [0.15, 0.2) is 4.99 Å². The number of rotatable bonds is 4. The second-order valence-corrected chi connectivity index (χ2v) is 2.96. The maximum absolute atomic E-state index is 11.0. The summed E-state index contributed by atoms with van der Waals surface area (Å²) < 4.78 is 0. The van der Waals surface area contributed by atoms with E-state index in [0.29, 0.717) is 6.54 Å². The number of quaternary nitrogens is 1. The summed E-state index contributed by atoms with van der Waals surface area (Å²) in [6.45, 7) is 3.56. The zero-order chi connectivity index (χ0) is 8.10. The van der Waals surface area contributed by atoms with Gasteiger partial charge in [-0.25, -0.2) is 4.99 Å². The molecule has 3 nitrogen and oxygen atoms in total. The summed E-state index contributed by atoms with van der Waals surface area (Å²) in [7, 11) is 0. The highest BCUT2D eigenvalue weighted by Crippen LogP contribution is 1.99. The molecule has 0 saturated heterocycles. The van der Waals surface area contributed by atoms with E-state index >= 15 is 0 Å².